The van der Waals surface area contributed by atoms with Crippen molar-refractivity contribution < 1.29 is 22.7 Å². The average Bonchev–Trinajstić information content (AvgIpc) is 2.13. The predicted molar refractivity (Wildman–Crippen MR) is 57.0 cm³/mol. The van der Waals surface area contributed by atoms with E-state index >= 15 is 0 Å². The van der Waals surface area contributed by atoms with Crippen molar-refractivity contribution in [3.63, 3.8) is 0 Å². The maximum absolute atomic E-state index is 12.0. The van der Waals surface area contributed by atoms with E-state index in [1.165, 1.54) is 6.07 Å². The van der Waals surface area contributed by atoms with Gasteiger partial charge in [0.25, 0.3) is 0 Å². The quantitative estimate of drug-likeness (QED) is 0.674. The van der Waals surface area contributed by atoms with Crippen LogP contribution in [0.5, 0.6) is 5.75 Å². The van der Waals surface area contributed by atoms with Gasteiger partial charge in [-0.2, -0.15) is 0 Å². The number of carbonyl (C=O) groups excluding carboxylic acids is 1. The van der Waals surface area contributed by atoms with E-state index in [-0.39, 0.29) is 23.8 Å². The Hall–Kier alpha value is -1.43. The third kappa shape index (κ3) is 4.95. The van der Waals surface area contributed by atoms with E-state index in [4.69, 9.17) is 17.3 Å². The van der Waals surface area contributed by atoms with Gasteiger partial charge < -0.3 is 10.5 Å². The summed E-state index contributed by atoms with van der Waals surface area (Å²) in [5, 5.41) is 0. The summed E-state index contributed by atoms with van der Waals surface area (Å²) in [6.07, 6.45) is -4.87. The first kappa shape index (κ1) is 13.6. The van der Waals surface area contributed by atoms with Crippen molar-refractivity contribution in [3.05, 3.63) is 23.8 Å². The number of hydrogen-bond acceptors (Lipinski definition) is 3. The molecule has 0 spiro atoms. The second-order valence-electron chi connectivity index (χ2n) is 3.31. The van der Waals surface area contributed by atoms with Crippen LogP contribution in [0.4, 0.5) is 18.9 Å². The molecule has 0 fully saturated rings. The molecule has 0 saturated carbocycles. The molecule has 0 aliphatic carbocycles. The first-order valence-electron chi connectivity index (χ1n) is 4.53. The molecule has 0 radical (unpaired) electrons. The Kier molecular flexibility index (Phi) is 4.22. The molecule has 0 bridgehead atoms. The highest BCUT2D eigenvalue weighted by molar-refractivity contribution is 6.27. The molecule has 2 N–H and O–H groups in total. The monoisotopic (exact) mass is 267 g/mol. The predicted octanol–water partition coefficient (Wildman–Crippen LogP) is 2.52. The fourth-order valence-corrected chi connectivity index (χ4v) is 1.35. The molecular formula is C10H9ClF3NO2. The van der Waals surface area contributed by atoms with Crippen LogP contribution >= 0.6 is 11.6 Å². The molecule has 7 heteroatoms. The highest BCUT2D eigenvalue weighted by atomic mass is 35.5. The zero-order chi connectivity index (χ0) is 13.1. The lowest BCUT2D eigenvalue weighted by atomic mass is 10.1. The molecule has 0 aromatic heterocycles. The lowest BCUT2D eigenvalue weighted by Crippen LogP contribution is -2.17. The number of nitrogen functional groups attached to an aromatic ring is 1. The Morgan fingerprint density at radius 2 is 2.00 bits per heavy atom. The van der Waals surface area contributed by atoms with Crippen molar-refractivity contribution in [2.24, 2.45) is 0 Å². The van der Waals surface area contributed by atoms with E-state index in [1.807, 2.05) is 0 Å². The summed E-state index contributed by atoms with van der Waals surface area (Å²) >= 11 is 5.30. The van der Waals surface area contributed by atoms with E-state index < -0.39 is 12.1 Å². The maximum atomic E-state index is 12.0. The molecule has 0 unspecified atom stereocenters. The minimum absolute atomic E-state index is 0.0806. The van der Waals surface area contributed by atoms with Gasteiger partial charge in [0, 0.05) is 18.2 Å². The number of rotatable bonds is 4. The van der Waals surface area contributed by atoms with Crippen LogP contribution in [0.15, 0.2) is 18.2 Å². The van der Waals surface area contributed by atoms with Crippen LogP contribution in [0.25, 0.3) is 0 Å². The summed E-state index contributed by atoms with van der Waals surface area (Å²) in [5.41, 5.74) is 5.82. The first-order chi connectivity index (χ1) is 7.80. The zero-order valence-corrected chi connectivity index (χ0v) is 9.31. The second kappa shape index (κ2) is 5.27. The topological polar surface area (TPSA) is 52.3 Å². The van der Waals surface area contributed by atoms with Crippen molar-refractivity contribution >= 4 is 23.1 Å². The van der Waals surface area contributed by atoms with Gasteiger partial charge in [0.2, 0.25) is 0 Å². The Morgan fingerprint density at radius 1 is 1.35 bits per heavy atom. The lowest BCUT2D eigenvalue weighted by molar-refractivity contribution is -0.274. The number of anilines is 1. The second-order valence-corrected chi connectivity index (χ2v) is 3.57. The van der Waals surface area contributed by atoms with Crippen LogP contribution in [0.3, 0.4) is 0 Å². The van der Waals surface area contributed by atoms with Crippen molar-refractivity contribution in [2.75, 3.05) is 11.6 Å². The van der Waals surface area contributed by atoms with Crippen molar-refractivity contribution in [2.45, 2.75) is 12.8 Å². The van der Waals surface area contributed by atoms with Crippen LogP contribution in [-0.2, 0) is 11.2 Å². The van der Waals surface area contributed by atoms with E-state index in [0.717, 1.165) is 12.1 Å². The molecule has 94 valence electrons. The molecule has 0 aliphatic rings. The van der Waals surface area contributed by atoms with Gasteiger partial charge in [-0.3, -0.25) is 4.79 Å². The Labute approximate surface area is 100 Å². The average molecular weight is 268 g/mol. The van der Waals surface area contributed by atoms with Gasteiger partial charge in [0.15, 0.2) is 5.78 Å². The van der Waals surface area contributed by atoms with E-state index in [0.29, 0.717) is 5.56 Å². The van der Waals surface area contributed by atoms with E-state index in [1.54, 1.807) is 0 Å². The number of hydrogen-bond donors (Lipinski definition) is 1. The van der Waals surface area contributed by atoms with Gasteiger partial charge in [0.1, 0.15) is 5.75 Å². The van der Waals surface area contributed by atoms with Crippen LogP contribution in [0.2, 0.25) is 0 Å². The zero-order valence-electron chi connectivity index (χ0n) is 8.55. The smallest absolute Gasteiger partial charge is 0.406 e. The Morgan fingerprint density at radius 3 is 2.53 bits per heavy atom. The number of ether oxygens (including phenoxy) is 1. The molecule has 0 amide bonds. The summed E-state index contributed by atoms with van der Waals surface area (Å²) in [7, 11) is 0. The van der Waals surface area contributed by atoms with Crippen LogP contribution < -0.4 is 10.5 Å². The highest BCUT2D eigenvalue weighted by Gasteiger charge is 2.31. The van der Waals surface area contributed by atoms with E-state index in [2.05, 4.69) is 4.74 Å². The fraction of sp³-hybridized carbons (Fsp3) is 0.300. The van der Waals surface area contributed by atoms with Gasteiger partial charge >= 0.3 is 6.36 Å². The van der Waals surface area contributed by atoms with Gasteiger partial charge in [0.05, 0.1) is 5.88 Å². The molecule has 1 rings (SSSR count). The number of alkyl halides is 4. The number of carbonyl (C=O) groups is 1. The molecule has 0 saturated heterocycles. The number of benzene rings is 1. The summed E-state index contributed by atoms with van der Waals surface area (Å²) in [6.45, 7) is 0. The molecule has 3 nitrogen and oxygen atoms in total. The Balaban J connectivity index is 2.90. The van der Waals surface area contributed by atoms with Crippen molar-refractivity contribution in [3.8, 4) is 5.75 Å². The minimum atomic E-state index is -4.79. The summed E-state index contributed by atoms with van der Waals surface area (Å²) in [5.74, 6) is -0.963. The van der Waals surface area contributed by atoms with Crippen LogP contribution in [0.1, 0.15) is 5.56 Å². The van der Waals surface area contributed by atoms with Crippen molar-refractivity contribution in [1.29, 1.82) is 0 Å². The number of nitrogens with two attached hydrogens (primary N) is 1. The van der Waals surface area contributed by atoms with Gasteiger partial charge in [-0.1, -0.05) is 0 Å². The van der Waals surface area contributed by atoms with Crippen LogP contribution in [0, 0.1) is 0 Å². The number of ketones is 1. The molecule has 0 heterocycles. The van der Waals surface area contributed by atoms with Gasteiger partial charge in [-0.05, 0) is 17.7 Å². The largest absolute Gasteiger partial charge is 0.573 e. The maximum Gasteiger partial charge on any atom is 0.573 e. The molecular weight excluding hydrogens is 259 g/mol. The molecule has 0 aliphatic heterocycles. The summed E-state index contributed by atoms with van der Waals surface area (Å²) in [4.78, 5) is 11.1. The summed E-state index contributed by atoms with van der Waals surface area (Å²) in [6, 6.07) is 3.53. The third-order valence-electron chi connectivity index (χ3n) is 1.77. The SMILES string of the molecule is Nc1cc(CC(=O)CCl)cc(OC(F)(F)F)c1. The number of Topliss-reactive ketones (excluding diaryl/α,β-unsaturated/α-hetero) is 1. The van der Waals surface area contributed by atoms with Crippen LogP contribution in [-0.4, -0.2) is 18.0 Å². The first-order valence-corrected chi connectivity index (χ1v) is 5.06. The van der Waals surface area contributed by atoms with Gasteiger partial charge in [-0.25, -0.2) is 0 Å². The Bertz CT molecular complexity index is 421. The lowest BCUT2D eigenvalue weighted by Gasteiger charge is -2.10. The third-order valence-corrected chi connectivity index (χ3v) is 2.07. The highest BCUT2D eigenvalue weighted by Crippen LogP contribution is 2.26. The molecule has 0 atom stereocenters. The number of halogens is 4. The summed E-state index contributed by atoms with van der Waals surface area (Å²) < 4.78 is 39.7. The van der Waals surface area contributed by atoms with E-state index in [9.17, 15) is 18.0 Å². The normalized spacial score (nSPS) is 11.3. The molecule has 1 aromatic rings. The standard InChI is InChI=1S/C10H9ClF3NO2/c11-5-8(16)2-6-1-7(15)4-9(3-6)17-10(12,13)14/h1,3-4H,2,5,15H2. The molecule has 17 heavy (non-hydrogen) atoms. The molecule has 1 aromatic carbocycles. The minimum Gasteiger partial charge on any atom is -0.406 e. The van der Waals surface area contributed by atoms with Crippen molar-refractivity contribution in [1.82, 2.24) is 0 Å². The van der Waals surface area contributed by atoms with Gasteiger partial charge in [-0.15, -0.1) is 24.8 Å². The fourth-order valence-electron chi connectivity index (χ4n) is 1.26.